The molecular weight excluding hydrogens is 286 g/mol. The fraction of sp³-hybridized carbons (Fsp3) is 0.250. The van der Waals surface area contributed by atoms with Gasteiger partial charge in [-0.2, -0.15) is 0 Å². The minimum Gasteiger partial charge on any atom is -0.491 e. The Labute approximate surface area is 127 Å². The number of amides is 1. The van der Waals surface area contributed by atoms with E-state index in [-0.39, 0.29) is 18.2 Å². The molecule has 0 saturated carbocycles. The lowest BCUT2D eigenvalue weighted by atomic mass is 10.1. The molecule has 21 heavy (non-hydrogen) atoms. The average Bonchev–Trinajstić information content (AvgIpc) is 2.86. The van der Waals surface area contributed by atoms with Crippen molar-refractivity contribution < 1.29 is 14.3 Å². The van der Waals surface area contributed by atoms with Gasteiger partial charge in [-0.25, -0.2) is 0 Å². The van der Waals surface area contributed by atoms with Gasteiger partial charge in [0.05, 0.1) is 23.5 Å². The SMILES string of the molecule is Cc1ccc(C(=O)CN2CCOc3ccccc3C2=O)s1. The first kappa shape index (κ1) is 13.8. The Kier molecular flexibility index (Phi) is 3.75. The van der Waals surface area contributed by atoms with Gasteiger partial charge in [-0.05, 0) is 31.2 Å². The summed E-state index contributed by atoms with van der Waals surface area (Å²) in [6.07, 6.45) is 0. The number of hydrogen-bond acceptors (Lipinski definition) is 4. The number of ether oxygens (including phenoxy) is 1. The second kappa shape index (κ2) is 5.69. The van der Waals surface area contributed by atoms with Crippen molar-refractivity contribution >= 4 is 23.0 Å². The van der Waals surface area contributed by atoms with E-state index in [1.807, 2.05) is 25.1 Å². The molecule has 2 aromatic rings. The highest BCUT2D eigenvalue weighted by Gasteiger charge is 2.25. The normalized spacial score (nSPS) is 14.3. The van der Waals surface area contributed by atoms with Crippen LogP contribution in [0.5, 0.6) is 5.75 Å². The lowest BCUT2D eigenvalue weighted by Gasteiger charge is -2.18. The zero-order chi connectivity index (χ0) is 14.8. The molecule has 0 aliphatic carbocycles. The minimum absolute atomic E-state index is 0.0270. The predicted molar refractivity (Wildman–Crippen MR) is 81.2 cm³/mol. The van der Waals surface area contributed by atoms with E-state index in [1.54, 1.807) is 23.1 Å². The molecule has 0 fully saturated rings. The number of rotatable bonds is 3. The quantitative estimate of drug-likeness (QED) is 0.819. The van der Waals surface area contributed by atoms with Crippen LogP contribution in [0.15, 0.2) is 36.4 Å². The van der Waals surface area contributed by atoms with Gasteiger partial charge < -0.3 is 9.64 Å². The smallest absolute Gasteiger partial charge is 0.258 e. The fourth-order valence-electron chi connectivity index (χ4n) is 2.29. The van der Waals surface area contributed by atoms with Crippen LogP contribution >= 0.6 is 11.3 Å². The Morgan fingerprint density at radius 1 is 1.29 bits per heavy atom. The van der Waals surface area contributed by atoms with Gasteiger partial charge in [0.15, 0.2) is 5.78 Å². The summed E-state index contributed by atoms with van der Waals surface area (Å²) in [6, 6.07) is 10.9. The number of aryl methyl sites for hydroxylation is 1. The van der Waals surface area contributed by atoms with Gasteiger partial charge in [-0.15, -0.1) is 11.3 Å². The van der Waals surface area contributed by atoms with E-state index in [2.05, 4.69) is 0 Å². The molecule has 0 spiro atoms. The topological polar surface area (TPSA) is 46.6 Å². The van der Waals surface area contributed by atoms with E-state index in [0.29, 0.717) is 29.3 Å². The largest absolute Gasteiger partial charge is 0.491 e. The maximum atomic E-state index is 12.5. The van der Waals surface area contributed by atoms with Gasteiger partial charge in [0.2, 0.25) is 0 Å². The number of Topliss-reactive ketones (excluding diaryl/α,β-unsaturated/α-hetero) is 1. The van der Waals surface area contributed by atoms with Crippen molar-refractivity contribution in [3.05, 3.63) is 51.7 Å². The second-order valence-corrected chi connectivity index (χ2v) is 6.19. The summed E-state index contributed by atoms with van der Waals surface area (Å²) in [6.45, 7) is 2.88. The van der Waals surface area contributed by atoms with Crippen LogP contribution in [0.2, 0.25) is 0 Å². The van der Waals surface area contributed by atoms with E-state index in [0.717, 1.165) is 4.88 Å². The van der Waals surface area contributed by atoms with Gasteiger partial charge in [0.1, 0.15) is 12.4 Å². The third-order valence-electron chi connectivity index (χ3n) is 3.37. The second-order valence-electron chi connectivity index (χ2n) is 4.90. The first-order valence-electron chi connectivity index (χ1n) is 6.76. The van der Waals surface area contributed by atoms with Crippen molar-refractivity contribution in [1.82, 2.24) is 4.90 Å². The number of carbonyl (C=O) groups excluding carboxylic acids is 2. The molecule has 2 heterocycles. The number of para-hydroxylation sites is 1. The lowest BCUT2D eigenvalue weighted by Crippen LogP contribution is -2.36. The molecule has 1 aliphatic heterocycles. The van der Waals surface area contributed by atoms with Gasteiger partial charge in [0, 0.05) is 4.88 Å². The van der Waals surface area contributed by atoms with Gasteiger partial charge in [0.25, 0.3) is 5.91 Å². The van der Waals surface area contributed by atoms with Crippen LogP contribution in [-0.2, 0) is 0 Å². The maximum Gasteiger partial charge on any atom is 0.258 e. The molecule has 1 aromatic heterocycles. The number of nitrogens with zero attached hydrogens (tertiary/aromatic N) is 1. The van der Waals surface area contributed by atoms with Crippen molar-refractivity contribution in [3.63, 3.8) is 0 Å². The molecule has 4 nitrogen and oxygen atoms in total. The highest BCUT2D eigenvalue weighted by atomic mass is 32.1. The molecular formula is C16H15NO3S. The van der Waals surface area contributed by atoms with Crippen LogP contribution in [0.3, 0.4) is 0 Å². The van der Waals surface area contributed by atoms with Crippen molar-refractivity contribution in [2.24, 2.45) is 0 Å². The van der Waals surface area contributed by atoms with E-state index in [4.69, 9.17) is 4.74 Å². The van der Waals surface area contributed by atoms with Crippen molar-refractivity contribution in [3.8, 4) is 5.75 Å². The number of carbonyl (C=O) groups is 2. The monoisotopic (exact) mass is 301 g/mol. The number of hydrogen-bond donors (Lipinski definition) is 0. The molecule has 0 unspecified atom stereocenters. The number of thiophene rings is 1. The van der Waals surface area contributed by atoms with Gasteiger partial charge in [-0.3, -0.25) is 9.59 Å². The first-order valence-corrected chi connectivity index (χ1v) is 7.57. The first-order chi connectivity index (χ1) is 10.1. The third kappa shape index (κ3) is 2.83. The summed E-state index contributed by atoms with van der Waals surface area (Å²) in [7, 11) is 0. The molecule has 1 aliphatic rings. The molecule has 108 valence electrons. The standard InChI is InChI=1S/C16H15NO3S/c1-11-6-7-15(21-11)13(18)10-17-8-9-20-14-5-3-2-4-12(14)16(17)19/h2-7H,8-10H2,1H3. The lowest BCUT2D eigenvalue weighted by molar-refractivity contribution is 0.0710. The summed E-state index contributed by atoms with van der Waals surface area (Å²) < 4.78 is 5.57. The third-order valence-corrected chi connectivity index (χ3v) is 4.41. The summed E-state index contributed by atoms with van der Waals surface area (Å²) in [5.41, 5.74) is 0.519. The van der Waals surface area contributed by atoms with Gasteiger partial charge >= 0.3 is 0 Å². The molecule has 1 amide bonds. The van der Waals surface area contributed by atoms with E-state index >= 15 is 0 Å². The van der Waals surface area contributed by atoms with Crippen LogP contribution < -0.4 is 4.74 Å². The summed E-state index contributed by atoms with van der Waals surface area (Å²) >= 11 is 1.46. The predicted octanol–water partition coefficient (Wildman–Crippen LogP) is 2.77. The maximum absolute atomic E-state index is 12.5. The molecule has 0 saturated heterocycles. The Balaban J connectivity index is 1.80. The van der Waals surface area contributed by atoms with Crippen LogP contribution in [0, 0.1) is 6.92 Å². The summed E-state index contributed by atoms with van der Waals surface area (Å²) in [5, 5.41) is 0. The zero-order valence-electron chi connectivity index (χ0n) is 11.7. The van der Waals surface area contributed by atoms with E-state index in [9.17, 15) is 9.59 Å². The van der Waals surface area contributed by atoms with Crippen LogP contribution in [0.4, 0.5) is 0 Å². The molecule has 3 rings (SSSR count). The van der Waals surface area contributed by atoms with Crippen LogP contribution in [0.1, 0.15) is 24.9 Å². The number of benzene rings is 1. The van der Waals surface area contributed by atoms with Gasteiger partial charge in [-0.1, -0.05) is 12.1 Å². The van der Waals surface area contributed by atoms with Crippen molar-refractivity contribution in [2.75, 3.05) is 19.7 Å². The fourth-order valence-corrected chi connectivity index (χ4v) is 3.09. The highest BCUT2D eigenvalue weighted by molar-refractivity contribution is 7.14. The molecule has 0 atom stereocenters. The number of fused-ring (bicyclic) bond motifs is 1. The Hall–Kier alpha value is -2.14. The molecule has 0 bridgehead atoms. The van der Waals surface area contributed by atoms with E-state index in [1.165, 1.54) is 11.3 Å². The van der Waals surface area contributed by atoms with Crippen LogP contribution in [-0.4, -0.2) is 36.3 Å². The van der Waals surface area contributed by atoms with Crippen molar-refractivity contribution in [1.29, 1.82) is 0 Å². The van der Waals surface area contributed by atoms with E-state index < -0.39 is 0 Å². The Bertz CT molecular complexity index is 692. The average molecular weight is 301 g/mol. The Morgan fingerprint density at radius 2 is 2.10 bits per heavy atom. The minimum atomic E-state index is -0.148. The zero-order valence-corrected chi connectivity index (χ0v) is 12.5. The summed E-state index contributed by atoms with van der Waals surface area (Å²) in [4.78, 5) is 28.1. The molecule has 0 N–H and O–H groups in total. The Morgan fingerprint density at radius 3 is 2.86 bits per heavy atom. The summed E-state index contributed by atoms with van der Waals surface area (Å²) in [5.74, 6) is 0.412. The molecule has 5 heteroatoms. The number of ketones is 1. The van der Waals surface area contributed by atoms with Crippen molar-refractivity contribution in [2.45, 2.75) is 6.92 Å². The highest BCUT2D eigenvalue weighted by Crippen LogP contribution is 2.23. The van der Waals surface area contributed by atoms with Crippen LogP contribution in [0.25, 0.3) is 0 Å². The molecule has 1 aromatic carbocycles. The molecule has 0 radical (unpaired) electrons.